The second-order valence-corrected chi connectivity index (χ2v) is 34.3. The standard InChI is InChI=1S/C84H164O17P2/c1-8-10-11-12-13-14-15-16-17-18-19-20-21-24-28-31-37-46-53-60-67-83(88)100-79(71-94-81(86)65-58-51-44-36-30-27-25-22-23-26-29-34-41-48-55-62-75(3)4)73-98-102(90,91)96-69-78(85)70-97-103(92,93)99-74-80(72-95-82(87)66-59-52-45-40-39-43-50-57-64-77(7)9-2)101-84(89)68-61-54-47-38-33-32-35-42-49-56-63-76(5)6/h75-80,85H,8-74H2,1-7H3,(H,90,91)(H,92,93)/t77?,78-,79-,80-/m1/s1. The summed E-state index contributed by atoms with van der Waals surface area (Å²) in [7, 11) is -9.93. The van der Waals surface area contributed by atoms with Gasteiger partial charge in [-0.05, 0) is 43.4 Å². The number of carbonyl (C=O) groups is 4. The summed E-state index contributed by atoms with van der Waals surface area (Å²) < 4.78 is 68.8. The highest BCUT2D eigenvalue weighted by molar-refractivity contribution is 7.47. The van der Waals surface area contributed by atoms with Crippen LogP contribution < -0.4 is 0 Å². The van der Waals surface area contributed by atoms with Gasteiger partial charge < -0.3 is 33.8 Å². The average Bonchev–Trinajstić information content (AvgIpc) is 0.915. The number of hydrogen-bond donors (Lipinski definition) is 3. The Morgan fingerprint density at radius 1 is 0.282 bits per heavy atom. The van der Waals surface area contributed by atoms with Gasteiger partial charge in [0.15, 0.2) is 12.2 Å². The lowest BCUT2D eigenvalue weighted by atomic mass is 9.99. The van der Waals surface area contributed by atoms with Gasteiger partial charge in [-0.15, -0.1) is 0 Å². The fourth-order valence-electron chi connectivity index (χ4n) is 13.0. The maximum absolute atomic E-state index is 13.1. The third-order valence-corrected chi connectivity index (χ3v) is 21.9. The van der Waals surface area contributed by atoms with Crippen molar-refractivity contribution in [2.45, 2.75) is 458 Å². The van der Waals surface area contributed by atoms with Crippen LogP contribution in [-0.2, 0) is 65.4 Å². The molecule has 0 fully saturated rings. The Morgan fingerprint density at radius 2 is 0.495 bits per heavy atom. The van der Waals surface area contributed by atoms with E-state index in [2.05, 4.69) is 48.5 Å². The van der Waals surface area contributed by atoms with Crippen molar-refractivity contribution in [3.8, 4) is 0 Å². The minimum atomic E-state index is -4.97. The molecule has 103 heavy (non-hydrogen) atoms. The predicted octanol–water partition coefficient (Wildman–Crippen LogP) is 25.3. The van der Waals surface area contributed by atoms with Crippen LogP contribution in [0.25, 0.3) is 0 Å². The van der Waals surface area contributed by atoms with Gasteiger partial charge in [0, 0.05) is 25.7 Å². The SMILES string of the molecule is CCCCCCCCCCCCCCCCCCCCCCC(=O)O[C@H](COC(=O)CCCCCCCCCCCCCCCCCC(C)C)COP(=O)(O)OC[C@@H](O)COP(=O)(O)OC[C@@H](COC(=O)CCCCCCCCCCC(C)CC)OC(=O)CCCCCCCCCCCCC(C)C. The molecule has 612 valence electrons. The molecule has 0 saturated carbocycles. The number of aliphatic hydroxyl groups is 1. The van der Waals surface area contributed by atoms with E-state index in [0.717, 1.165) is 108 Å². The minimum Gasteiger partial charge on any atom is -0.462 e. The molecule has 0 heterocycles. The number of rotatable bonds is 82. The molecule has 3 unspecified atom stereocenters. The molecule has 0 aromatic heterocycles. The van der Waals surface area contributed by atoms with Gasteiger partial charge >= 0.3 is 39.5 Å². The summed E-state index contributed by atoms with van der Waals surface area (Å²) in [6.07, 6.45) is 63.8. The van der Waals surface area contributed by atoms with E-state index >= 15 is 0 Å². The maximum Gasteiger partial charge on any atom is 0.472 e. The van der Waals surface area contributed by atoms with Crippen molar-refractivity contribution < 1.29 is 80.2 Å². The van der Waals surface area contributed by atoms with Crippen LogP contribution in [0.15, 0.2) is 0 Å². The fourth-order valence-corrected chi connectivity index (χ4v) is 14.6. The van der Waals surface area contributed by atoms with Crippen molar-refractivity contribution in [1.82, 2.24) is 0 Å². The second-order valence-electron chi connectivity index (χ2n) is 31.4. The van der Waals surface area contributed by atoms with E-state index in [9.17, 15) is 43.2 Å². The summed E-state index contributed by atoms with van der Waals surface area (Å²) >= 11 is 0. The molecule has 0 saturated heterocycles. The van der Waals surface area contributed by atoms with Gasteiger partial charge in [0.1, 0.15) is 19.3 Å². The summed E-state index contributed by atoms with van der Waals surface area (Å²) in [5, 5.41) is 10.7. The van der Waals surface area contributed by atoms with Gasteiger partial charge in [-0.1, -0.05) is 389 Å². The van der Waals surface area contributed by atoms with Crippen molar-refractivity contribution in [3.63, 3.8) is 0 Å². The average molecular weight is 1510 g/mol. The highest BCUT2D eigenvalue weighted by atomic mass is 31.2. The van der Waals surface area contributed by atoms with Crippen LogP contribution in [0.2, 0.25) is 0 Å². The third kappa shape index (κ3) is 76.6. The zero-order valence-corrected chi connectivity index (χ0v) is 69.6. The first-order chi connectivity index (χ1) is 49.8. The van der Waals surface area contributed by atoms with Crippen molar-refractivity contribution in [1.29, 1.82) is 0 Å². The first-order valence-corrected chi connectivity index (χ1v) is 46.4. The van der Waals surface area contributed by atoms with Crippen LogP contribution in [0.5, 0.6) is 0 Å². The van der Waals surface area contributed by atoms with Crippen molar-refractivity contribution in [2.75, 3.05) is 39.6 Å². The highest BCUT2D eigenvalue weighted by Crippen LogP contribution is 2.45. The topological polar surface area (TPSA) is 237 Å². The van der Waals surface area contributed by atoms with Crippen LogP contribution in [0.4, 0.5) is 0 Å². The number of phosphoric acid groups is 2. The van der Waals surface area contributed by atoms with E-state index in [4.69, 9.17) is 37.0 Å². The van der Waals surface area contributed by atoms with E-state index < -0.39 is 97.5 Å². The number of aliphatic hydroxyl groups excluding tert-OH is 1. The van der Waals surface area contributed by atoms with Gasteiger partial charge in [-0.25, -0.2) is 9.13 Å². The van der Waals surface area contributed by atoms with Crippen LogP contribution in [0.3, 0.4) is 0 Å². The predicted molar refractivity (Wildman–Crippen MR) is 423 cm³/mol. The van der Waals surface area contributed by atoms with Crippen LogP contribution in [0.1, 0.15) is 440 Å². The summed E-state index contributed by atoms with van der Waals surface area (Å²) in [5.41, 5.74) is 0. The molecule has 0 radical (unpaired) electrons. The maximum atomic E-state index is 13.1. The largest absolute Gasteiger partial charge is 0.472 e. The second kappa shape index (κ2) is 74.2. The van der Waals surface area contributed by atoms with E-state index in [1.165, 1.54) is 250 Å². The third-order valence-electron chi connectivity index (χ3n) is 20.0. The molecular weight excluding hydrogens is 1340 g/mol. The van der Waals surface area contributed by atoms with E-state index in [-0.39, 0.29) is 25.7 Å². The van der Waals surface area contributed by atoms with Crippen molar-refractivity contribution >= 4 is 39.5 Å². The van der Waals surface area contributed by atoms with E-state index in [1.54, 1.807) is 0 Å². The van der Waals surface area contributed by atoms with Crippen LogP contribution in [0, 0.1) is 17.8 Å². The van der Waals surface area contributed by atoms with Gasteiger partial charge in [-0.2, -0.15) is 0 Å². The normalized spacial score (nSPS) is 14.2. The fraction of sp³-hybridized carbons (Fsp3) is 0.952. The summed E-state index contributed by atoms with van der Waals surface area (Å²) in [6.45, 7) is 12.0. The van der Waals surface area contributed by atoms with Crippen LogP contribution >= 0.6 is 15.6 Å². The Balaban J connectivity index is 5.25. The quantitative estimate of drug-likeness (QED) is 0.0222. The Labute approximate surface area is 632 Å². The Bertz CT molecular complexity index is 1990. The molecule has 0 aromatic rings. The number of unbranched alkanes of at least 4 members (excludes halogenated alkanes) is 49. The monoisotopic (exact) mass is 1510 g/mol. The summed E-state index contributed by atoms with van der Waals surface area (Å²) in [5.74, 6) is 0.228. The molecule has 17 nitrogen and oxygen atoms in total. The van der Waals surface area contributed by atoms with Crippen molar-refractivity contribution in [2.24, 2.45) is 17.8 Å². The van der Waals surface area contributed by atoms with Gasteiger partial charge in [0.05, 0.1) is 26.4 Å². The van der Waals surface area contributed by atoms with Gasteiger partial charge in [0.2, 0.25) is 0 Å². The first-order valence-electron chi connectivity index (χ1n) is 43.4. The first kappa shape index (κ1) is 101. The molecule has 0 aromatic carbocycles. The molecule has 0 rings (SSSR count). The van der Waals surface area contributed by atoms with E-state index in [0.29, 0.717) is 25.7 Å². The molecule has 19 heteroatoms. The molecule has 0 aliphatic heterocycles. The molecule has 6 atom stereocenters. The minimum absolute atomic E-state index is 0.106. The number of ether oxygens (including phenoxy) is 4. The Morgan fingerprint density at radius 3 is 0.738 bits per heavy atom. The van der Waals surface area contributed by atoms with Gasteiger partial charge in [0.25, 0.3) is 0 Å². The smallest absolute Gasteiger partial charge is 0.462 e. The zero-order chi connectivity index (χ0) is 75.8. The number of phosphoric ester groups is 2. The molecule has 3 N–H and O–H groups in total. The van der Waals surface area contributed by atoms with Crippen molar-refractivity contribution in [3.05, 3.63) is 0 Å². The molecule has 0 bridgehead atoms. The Hall–Kier alpha value is -1.94. The lowest BCUT2D eigenvalue weighted by Gasteiger charge is -2.21. The number of hydrogen-bond acceptors (Lipinski definition) is 15. The zero-order valence-electron chi connectivity index (χ0n) is 67.8. The highest BCUT2D eigenvalue weighted by Gasteiger charge is 2.30. The molecule has 0 amide bonds. The van der Waals surface area contributed by atoms with Crippen LogP contribution in [-0.4, -0.2) is 96.7 Å². The summed E-state index contributed by atoms with van der Waals surface area (Å²) in [4.78, 5) is 73.2. The Kier molecular flexibility index (Phi) is 72.8. The van der Waals surface area contributed by atoms with Gasteiger partial charge in [-0.3, -0.25) is 37.3 Å². The number of esters is 4. The lowest BCUT2D eigenvalue weighted by molar-refractivity contribution is -0.161. The molecule has 0 spiro atoms. The molecular formula is C84H164O17P2. The summed E-state index contributed by atoms with van der Waals surface area (Å²) in [6, 6.07) is 0. The lowest BCUT2D eigenvalue weighted by Crippen LogP contribution is -2.30. The van der Waals surface area contributed by atoms with E-state index in [1.807, 2.05) is 0 Å². The molecule has 0 aliphatic carbocycles. The number of carbonyl (C=O) groups excluding carboxylic acids is 4. The molecule has 0 aliphatic rings.